The van der Waals surface area contributed by atoms with Gasteiger partial charge in [0.1, 0.15) is 11.3 Å². The third-order valence-corrected chi connectivity index (χ3v) is 3.87. The van der Waals surface area contributed by atoms with Gasteiger partial charge >= 0.3 is 0 Å². The van der Waals surface area contributed by atoms with Crippen LogP contribution in [-0.4, -0.2) is 43.1 Å². The van der Waals surface area contributed by atoms with E-state index in [9.17, 15) is 4.79 Å². The Kier molecular flexibility index (Phi) is 5.44. The summed E-state index contributed by atoms with van der Waals surface area (Å²) < 4.78 is 5.52. The van der Waals surface area contributed by atoms with Crippen LogP contribution in [0.25, 0.3) is 0 Å². The fourth-order valence-corrected chi connectivity index (χ4v) is 2.79. The van der Waals surface area contributed by atoms with Gasteiger partial charge in [-0.05, 0) is 45.0 Å². The highest BCUT2D eigenvalue weighted by Crippen LogP contribution is 2.25. The summed E-state index contributed by atoms with van der Waals surface area (Å²) in [6, 6.07) is 5.50. The molecule has 1 aromatic rings. The standard InChI is InChI=1S/C16H25N3O2/c1-3-19-10-6-7-12(11-19)18-16(20)15-13(17)8-5-9-14(15)21-4-2/h5,8-9,12H,3-4,6-7,10-11,17H2,1-2H3,(H,18,20). The van der Waals surface area contributed by atoms with Crippen LogP contribution in [0.5, 0.6) is 5.75 Å². The summed E-state index contributed by atoms with van der Waals surface area (Å²) in [7, 11) is 0. The molecule has 5 nitrogen and oxygen atoms in total. The summed E-state index contributed by atoms with van der Waals surface area (Å²) in [6.07, 6.45) is 2.13. The number of ether oxygens (including phenoxy) is 1. The largest absolute Gasteiger partial charge is 0.493 e. The first-order valence-corrected chi connectivity index (χ1v) is 7.70. The number of benzene rings is 1. The van der Waals surface area contributed by atoms with Crippen molar-refractivity contribution in [1.82, 2.24) is 10.2 Å². The molecule has 1 unspecified atom stereocenters. The molecule has 1 aliphatic heterocycles. The van der Waals surface area contributed by atoms with Crippen molar-refractivity contribution >= 4 is 11.6 Å². The van der Waals surface area contributed by atoms with E-state index < -0.39 is 0 Å². The smallest absolute Gasteiger partial charge is 0.257 e. The molecule has 0 bridgehead atoms. The SMILES string of the molecule is CCOc1cccc(N)c1C(=O)NC1CCCN(CC)C1. The van der Waals surface area contributed by atoms with Crippen LogP contribution < -0.4 is 15.8 Å². The number of nitrogens with two attached hydrogens (primary N) is 1. The summed E-state index contributed by atoms with van der Waals surface area (Å²) in [5, 5.41) is 3.10. The number of hydrogen-bond acceptors (Lipinski definition) is 4. The van der Waals surface area contributed by atoms with Crippen LogP contribution in [-0.2, 0) is 0 Å². The molecule has 3 N–H and O–H groups in total. The van der Waals surface area contributed by atoms with E-state index in [2.05, 4.69) is 17.1 Å². The third-order valence-electron chi connectivity index (χ3n) is 3.87. The highest BCUT2D eigenvalue weighted by atomic mass is 16.5. The molecule has 0 aliphatic carbocycles. The molecular formula is C16H25N3O2. The Hall–Kier alpha value is -1.75. The van der Waals surface area contributed by atoms with Crippen LogP contribution in [0.3, 0.4) is 0 Å². The van der Waals surface area contributed by atoms with E-state index in [1.165, 1.54) is 0 Å². The molecule has 0 aromatic heterocycles. The number of likely N-dealkylation sites (N-methyl/N-ethyl adjacent to an activating group) is 1. The maximum atomic E-state index is 12.5. The number of amides is 1. The van der Waals surface area contributed by atoms with Crippen LogP contribution >= 0.6 is 0 Å². The summed E-state index contributed by atoms with van der Waals surface area (Å²) in [6.45, 7) is 7.58. The van der Waals surface area contributed by atoms with Gasteiger partial charge in [-0.1, -0.05) is 13.0 Å². The molecule has 0 saturated carbocycles. The number of likely N-dealkylation sites (tertiary alicyclic amines) is 1. The zero-order chi connectivity index (χ0) is 15.2. The monoisotopic (exact) mass is 291 g/mol. The number of nitrogens with zero attached hydrogens (tertiary/aromatic N) is 1. The number of carbonyl (C=O) groups is 1. The first-order chi connectivity index (χ1) is 10.2. The molecular weight excluding hydrogens is 266 g/mol. The van der Waals surface area contributed by atoms with Crippen molar-refractivity contribution in [2.24, 2.45) is 0 Å². The quantitative estimate of drug-likeness (QED) is 0.813. The van der Waals surface area contributed by atoms with E-state index in [0.29, 0.717) is 23.6 Å². The number of nitrogens with one attached hydrogen (secondary N) is 1. The number of nitrogen functional groups attached to an aromatic ring is 1. The Morgan fingerprint density at radius 2 is 2.29 bits per heavy atom. The van der Waals surface area contributed by atoms with E-state index >= 15 is 0 Å². The summed E-state index contributed by atoms with van der Waals surface area (Å²) in [5.41, 5.74) is 6.87. The minimum Gasteiger partial charge on any atom is -0.493 e. The lowest BCUT2D eigenvalue weighted by Crippen LogP contribution is -2.47. The molecule has 1 fully saturated rings. The van der Waals surface area contributed by atoms with Gasteiger partial charge in [-0.15, -0.1) is 0 Å². The van der Waals surface area contributed by atoms with Gasteiger partial charge in [-0.25, -0.2) is 0 Å². The number of carbonyl (C=O) groups excluding carboxylic acids is 1. The molecule has 0 radical (unpaired) electrons. The summed E-state index contributed by atoms with van der Waals surface area (Å²) in [5.74, 6) is 0.415. The third kappa shape index (κ3) is 3.88. The van der Waals surface area contributed by atoms with Crippen LogP contribution in [0.4, 0.5) is 5.69 Å². The maximum Gasteiger partial charge on any atom is 0.257 e. The first-order valence-electron chi connectivity index (χ1n) is 7.70. The number of anilines is 1. The molecule has 1 saturated heterocycles. The highest BCUT2D eigenvalue weighted by Gasteiger charge is 2.23. The van der Waals surface area contributed by atoms with Crippen molar-refractivity contribution in [3.63, 3.8) is 0 Å². The van der Waals surface area contributed by atoms with E-state index in [4.69, 9.17) is 10.5 Å². The molecule has 5 heteroatoms. The van der Waals surface area contributed by atoms with Crippen LogP contribution in [0, 0.1) is 0 Å². The van der Waals surface area contributed by atoms with Crippen LogP contribution in [0.2, 0.25) is 0 Å². The Morgan fingerprint density at radius 3 is 3.00 bits per heavy atom. The van der Waals surface area contributed by atoms with Crippen molar-refractivity contribution in [3.8, 4) is 5.75 Å². The number of piperidine rings is 1. The van der Waals surface area contributed by atoms with E-state index in [1.807, 2.05) is 6.92 Å². The van der Waals surface area contributed by atoms with E-state index in [1.54, 1.807) is 18.2 Å². The van der Waals surface area contributed by atoms with Crippen LogP contribution in [0.15, 0.2) is 18.2 Å². The Labute approximate surface area is 126 Å². The molecule has 21 heavy (non-hydrogen) atoms. The fourth-order valence-electron chi connectivity index (χ4n) is 2.79. The van der Waals surface area contributed by atoms with Gasteiger partial charge in [0.15, 0.2) is 0 Å². The van der Waals surface area contributed by atoms with Gasteiger partial charge in [0.25, 0.3) is 5.91 Å². The lowest BCUT2D eigenvalue weighted by Gasteiger charge is -2.32. The Bertz CT molecular complexity index is 490. The Morgan fingerprint density at radius 1 is 1.48 bits per heavy atom. The van der Waals surface area contributed by atoms with Gasteiger partial charge in [0.2, 0.25) is 0 Å². The predicted molar refractivity (Wildman–Crippen MR) is 84.6 cm³/mol. The van der Waals surface area contributed by atoms with Crippen molar-refractivity contribution in [3.05, 3.63) is 23.8 Å². The lowest BCUT2D eigenvalue weighted by atomic mass is 10.0. The van der Waals surface area contributed by atoms with Gasteiger partial charge in [0.05, 0.1) is 6.61 Å². The summed E-state index contributed by atoms with van der Waals surface area (Å²) >= 11 is 0. The van der Waals surface area contributed by atoms with Gasteiger partial charge < -0.3 is 20.7 Å². The zero-order valence-electron chi connectivity index (χ0n) is 12.9. The normalized spacial score (nSPS) is 19.2. The minimum atomic E-state index is -0.139. The maximum absolute atomic E-state index is 12.5. The topological polar surface area (TPSA) is 67.6 Å². The molecule has 1 heterocycles. The first kappa shape index (κ1) is 15.6. The average Bonchev–Trinajstić information content (AvgIpc) is 2.47. The molecule has 1 atom stereocenters. The highest BCUT2D eigenvalue weighted by molar-refractivity contribution is 6.02. The molecule has 1 aromatic carbocycles. The fraction of sp³-hybridized carbons (Fsp3) is 0.562. The molecule has 1 aliphatic rings. The van der Waals surface area contributed by atoms with Crippen molar-refractivity contribution in [2.75, 3.05) is 32.0 Å². The van der Waals surface area contributed by atoms with Crippen molar-refractivity contribution in [1.29, 1.82) is 0 Å². The number of hydrogen-bond donors (Lipinski definition) is 2. The second-order valence-electron chi connectivity index (χ2n) is 5.36. The molecule has 0 spiro atoms. The van der Waals surface area contributed by atoms with E-state index in [0.717, 1.165) is 32.5 Å². The van der Waals surface area contributed by atoms with Gasteiger partial charge in [-0.3, -0.25) is 4.79 Å². The summed E-state index contributed by atoms with van der Waals surface area (Å²) in [4.78, 5) is 14.9. The van der Waals surface area contributed by atoms with E-state index in [-0.39, 0.29) is 11.9 Å². The van der Waals surface area contributed by atoms with Gasteiger partial charge in [0, 0.05) is 18.3 Å². The minimum absolute atomic E-state index is 0.139. The van der Waals surface area contributed by atoms with Crippen molar-refractivity contribution < 1.29 is 9.53 Å². The second-order valence-corrected chi connectivity index (χ2v) is 5.36. The average molecular weight is 291 g/mol. The number of rotatable bonds is 5. The van der Waals surface area contributed by atoms with Crippen LogP contribution in [0.1, 0.15) is 37.0 Å². The second kappa shape index (κ2) is 7.31. The Balaban J connectivity index is 2.09. The molecule has 2 rings (SSSR count). The van der Waals surface area contributed by atoms with Crippen molar-refractivity contribution in [2.45, 2.75) is 32.7 Å². The lowest BCUT2D eigenvalue weighted by molar-refractivity contribution is 0.0903. The molecule has 1 amide bonds. The van der Waals surface area contributed by atoms with Gasteiger partial charge in [-0.2, -0.15) is 0 Å². The predicted octanol–water partition coefficient (Wildman–Crippen LogP) is 1.88. The zero-order valence-corrected chi connectivity index (χ0v) is 12.9. The molecule has 116 valence electrons.